The number of benzene rings is 1. The quantitative estimate of drug-likeness (QED) is 0.727. The minimum atomic E-state index is 0.452. The molecule has 0 radical (unpaired) electrons. The Morgan fingerprint density at radius 2 is 2.25 bits per heavy atom. The molecule has 5 nitrogen and oxygen atoms in total. The Balaban J connectivity index is 2.53. The molecule has 0 atom stereocenters. The number of carbonyl (C=O) groups is 1. The summed E-state index contributed by atoms with van der Waals surface area (Å²) >= 11 is 0. The minimum absolute atomic E-state index is 0.452. The second-order valence-electron chi connectivity index (χ2n) is 3.30. The lowest BCUT2D eigenvalue weighted by molar-refractivity contribution is 0.111. The highest BCUT2D eigenvalue weighted by molar-refractivity contribution is 5.83. The molecular formula is C11H11N3O2. The van der Waals surface area contributed by atoms with Gasteiger partial charge in [-0.3, -0.25) is 4.79 Å². The molecule has 0 amide bonds. The van der Waals surface area contributed by atoms with Crippen molar-refractivity contribution >= 4 is 6.29 Å². The highest BCUT2D eigenvalue weighted by Gasteiger charge is 2.12. The molecule has 2 rings (SSSR count). The molecule has 0 aliphatic heterocycles. The number of carbonyl (C=O) groups excluding carboxylic acids is 1. The first-order valence-electron chi connectivity index (χ1n) is 4.75. The van der Waals surface area contributed by atoms with Gasteiger partial charge in [-0.1, -0.05) is 17.3 Å². The fourth-order valence-electron chi connectivity index (χ4n) is 1.47. The maximum absolute atomic E-state index is 10.9. The van der Waals surface area contributed by atoms with Crippen LogP contribution in [-0.2, 0) is 7.05 Å². The lowest BCUT2D eigenvalue weighted by Crippen LogP contribution is -1.97. The van der Waals surface area contributed by atoms with Gasteiger partial charge in [0, 0.05) is 12.6 Å². The van der Waals surface area contributed by atoms with Crippen molar-refractivity contribution in [1.82, 2.24) is 15.0 Å². The maximum Gasteiger partial charge on any atom is 0.170 e. The number of nitrogens with zero attached hydrogens (tertiary/aromatic N) is 3. The van der Waals surface area contributed by atoms with E-state index in [0.29, 0.717) is 11.4 Å². The molecule has 1 aromatic carbocycles. The SMILES string of the molecule is COc1cccc(-c2nnn(C)c2C=O)c1. The third-order valence-electron chi connectivity index (χ3n) is 2.32. The van der Waals surface area contributed by atoms with Gasteiger partial charge in [0.25, 0.3) is 0 Å². The van der Waals surface area contributed by atoms with Crippen LogP contribution in [0.15, 0.2) is 24.3 Å². The molecule has 0 saturated carbocycles. The van der Waals surface area contributed by atoms with Crippen molar-refractivity contribution in [3.05, 3.63) is 30.0 Å². The summed E-state index contributed by atoms with van der Waals surface area (Å²) in [6.07, 6.45) is 0.745. The van der Waals surface area contributed by atoms with E-state index in [-0.39, 0.29) is 0 Å². The van der Waals surface area contributed by atoms with Crippen LogP contribution in [0.25, 0.3) is 11.3 Å². The van der Waals surface area contributed by atoms with Crippen molar-refractivity contribution in [3.8, 4) is 17.0 Å². The van der Waals surface area contributed by atoms with E-state index in [1.807, 2.05) is 24.3 Å². The zero-order chi connectivity index (χ0) is 11.5. The first-order valence-corrected chi connectivity index (χ1v) is 4.75. The van der Waals surface area contributed by atoms with Crippen LogP contribution < -0.4 is 4.74 Å². The van der Waals surface area contributed by atoms with Crippen LogP contribution in [0.4, 0.5) is 0 Å². The third-order valence-corrected chi connectivity index (χ3v) is 2.32. The fraction of sp³-hybridized carbons (Fsp3) is 0.182. The van der Waals surface area contributed by atoms with Gasteiger partial charge in [0.15, 0.2) is 6.29 Å². The van der Waals surface area contributed by atoms with Gasteiger partial charge in [-0.05, 0) is 12.1 Å². The molecule has 82 valence electrons. The standard InChI is InChI=1S/C11H11N3O2/c1-14-10(7-15)11(12-13-14)8-4-3-5-9(6-8)16-2/h3-7H,1-2H3. The Kier molecular flexibility index (Phi) is 2.68. The summed E-state index contributed by atoms with van der Waals surface area (Å²) in [6.45, 7) is 0. The number of methoxy groups -OCH3 is 1. The van der Waals surface area contributed by atoms with E-state index in [2.05, 4.69) is 10.3 Å². The van der Waals surface area contributed by atoms with Crippen LogP contribution in [0.2, 0.25) is 0 Å². The molecule has 1 heterocycles. The topological polar surface area (TPSA) is 57.0 Å². The Bertz CT molecular complexity index is 520. The summed E-state index contributed by atoms with van der Waals surface area (Å²) in [5, 5.41) is 7.77. The van der Waals surface area contributed by atoms with E-state index < -0.39 is 0 Å². The van der Waals surface area contributed by atoms with Gasteiger partial charge in [-0.15, -0.1) is 5.10 Å². The van der Waals surface area contributed by atoms with E-state index in [4.69, 9.17) is 4.74 Å². The third kappa shape index (κ3) is 1.67. The van der Waals surface area contributed by atoms with Crippen molar-refractivity contribution in [1.29, 1.82) is 0 Å². The highest BCUT2D eigenvalue weighted by Crippen LogP contribution is 2.23. The van der Waals surface area contributed by atoms with Crippen LogP contribution in [-0.4, -0.2) is 28.4 Å². The maximum atomic E-state index is 10.9. The number of rotatable bonds is 3. The zero-order valence-electron chi connectivity index (χ0n) is 9.04. The Hall–Kier alpha value is -2.17. The van der Waals surface area contributed by atoms with Crippen molar-refractivity contribution in [2.75, 3.05) is 7.11 Å². The van der Waals surface area contributed by atoms with Gasteiger partial charge in [0.2, 0.25) is 0 Å². The van der Waals surface area contributed by atoms with Crippen molar-refractivity contribution in [3.63, 3.8) is 0 Å². The van der Waals surface area contributed by atoms with Crippen molar-refractivity contribution in [2.45, 2.75) is 0 Å². The number of aldehydes is 1. The average molecular weight is 217 g/mol. The molecular weight excluding hydrogens is 206 g/mol. The second kappa shape index (κ2) is 4.14. The van der Waals surface area contributed by atoms with Gasteiger partial charge in [-0.25, -0.2) is 4.68 Å². The first kappa shape index (κ1) is 10.4. The lowest BCUT2D eigenvalue weighted by Gasteiger charge is -2.02. The Morgan fingerprint density at radius 3 is 2.94 bits per heavy atom. The second-order valence-corrected chi connectivity index (χ2v) is 3.30. The summed E-state index contributed by atoms with van der Waals surface area (Å²) in [7, 11) is 3.27. The normalized spacial score (nSPS) is 10.1. The number of aromatic nitrogens is 3. The summed E-state index contributed by atoms with van der Waals surface area (Å²) in [4.78, 5) is 10.9. The first-order chi connectivity index (χ1) is 7.76. The average Bonchev–Trinajstić information content (AvgIpc) is 2.70. The van der Waals surface area contributed by atoms with Gasteiger partial charge >= 0.3 is 0 Å². The van der Waals surface area contributed by atoms with Crippen LogP contribution >= 0.6 is 0 Å². The zero-order valence-corrected chi connectivity index (χ0v) is 9.04. The fourth-order valence-corrected chi connectivity index (χ4v) is 1.47. The van der Waals surface area contributed by atoms with Crippen LogP contribution in [0.1, 0.15) is 10.5 Å². The summed E-state index contributed by atoms with van der Waals surface area (Å²) in [5.74, 6) is 0.722. The Morgan fingerprint density at radius 1 is 1.44 bits per heavy atom. The minimum Gasteiger partial charge on any atom is -0.497 e. The van der Waals surface area contributed by atoms with Crippen molar-refractivity contribution < 1.29 is 9.53 Å². The van der Waals surface area contributed by atoms with E-state index >= 15 is 0 Å². The largest absolute Gasteiger partial charge is 0.497 e. The van der Waals surface area contributed by atoms with Gasteiger partial charge in [0.05, 0.1) is 7.11 Å². The van der Waals surface area contributed by atoms with Crippen LogP contribution in [0, 0.1) is 0 Å². The van der Waals surface area contributed by atoms with Crippen LogP contribution in [0.3, 0.4) is 0 Å². The molecule has 0 aliphatic carbocycles. The predicted molar refractivity (Wildman–Crippen MR) is 58.4 cm³/mol. The Labute approximate surface area is 92.7 Å². The van der Waals surface area contributed by atoms with Gasteiger partial charge in [-0.2, -0.15) is 0 Å². The van der Waals surface area contributed by atoms with Gasteiger partial charge < -0.3 is 4.74 Å². The lowest BCUT2D eigenvalue weighted by atomic mass is 10.1. The molecule has 16 heavy (non-hydrogen) atoms. The monoisotopic (exact) mass is 217 g/mol. The summed E-state index contributed by atoms with van der Waals surface area (Å²) in [5.41, 5.74) is 1.83. The summed E-state index contributed by atoms with van der Waals surface area (Å²) in [6, 6.07) is 7.36. The summed E-state index contributed by atoms with van der Waals surface area (Å²) < 4.78 is 6.56. The van der Waals surface area contributed by atoms with E-state index in [0.717, 1.165) is 17.6 Å². The number of hydrogen-bond donors (Lipinski definition) is 0. The predicted octanol–water partition coefficient (Wildman–Crippen LogP) is 1.30. The highest BCUT2D eigenvalue weighted by atomic mass is 16.5. The molecule has 5 heteroatoms. The van der Waals surface area contributed by atoms with E-state index in [9.17, 15) is 4.79 Å². The van der Waals surface area contributed by atoms with E-state index in [1.54, 1.807) is 14.2 Å². The molecule has 0 saturated heterocycles. The van der Waals surface area contributed by atoms with Gasteiger partial charge in [0.1, 0.15) is 17.1 Å². The molecule has 0 fully saturated rings. The van der Waals surface area contributed by atoms with Crippen molar-refractivity contribution in [2.24, 2.45) is 7.05 Å². The molecule has 0 N–H and O–H groups in total. The van der Waals surface area contributed by atoms with Crippen LogP contribution in [0.5, 0.6) is 5.75 Å². The van der Waals surface area contributed by atoms with E-state index in [1.165, 1.54) is 4.68 Å². The smallest absolute Gasteiger partial charge is 0.170 e. The number of ether oxygens (including phenoxy) is 1. The number of aryl methyl sites for hydroxylation is 1. The number of hydrogen-bond acceptors (Lipinski definition) is 4. The molecule has 0 spiro atoms. The molecule has 0 aliphatic rings. The molecule has 2 aromatic rings. The molecule has 0 unspecified atom stereocenters. The molecule has 0 bridgehead atoms. The molecule has 1 aromatic heterocycles.